The highest BCUT2D eigenvalue weighted by atomic mass is 32.1. The van der Waals surface area contributed by atoms with Crippen LogP contribution in [0.4, 0.5) is 5.13 Å². The first-order valence-electron chi connectivity index (χ1n) is 11.2. The number of aryl methyl sites for hydroxylation is 1. The zero-order valence-electron chi connectivity index (χ0n) is 18.5. The van der Waals surface area contributed by atoms with E-state index in [2.05, 4.69) is 22.0 Å². The first-order valence-corrected chi connectivity index (χ1v) is 12.0. The summed E-state index contributed by atoms with van der Waals surface area (Å²) in [5.41, 5.74) is 1.29. The lowest BCUT2D eigenvalue weighted by Crippen LogP contribution is -2.36. The Bertz CT molecular complexity index is 1200. The van der Waals surface area contributed by atoms with Crippen LogP contribution in [0.15, 0.2) is 35.1 Å². The lowest BCUT2D eigenvalue weighted by molar-refractivity contribution is -0.120. The van der Waals surface area contributed by atoms with E-state index in [1.54, 1.807) is 18.7 Å². The molecule has 168 valence electrons. The number of hydrogen-bond donors (Lipinski definition) is 0. The van der Waals surface area contributed by atoms with Crippen LogP contribution in [0.25, 0.3) is 10.3 Å². The molecular formula is C24H28N4O3S. The maximum absolute atomic E-state index is 13.1. The van der Waals surface area contributed by atoms with Crippen LogP contribution in [-0.4, -0.2) is 46.6 Å². The molecule has 0 bridgehead atoms. The average molecular weight is 453 g/mol. The van der Waals surface area contributed by atoms with Gasteiger partial charge in [-0.05, 0) is 37.7 Å². The second kappa shape index (κ2) is 8.41. The third-order valence-corrected chi connectivity index (χ3v) is 7.74. The zero-order chi connectivity index (χ0) is 22.3. The van der Waals surface area contributed by atoms with Gasteiger partial charge in [-0.1, -0.05) is 41.7 Å². The largest absolute Gasteiger partial charge is 0.384 e. The number of carbonyl (C=O) groups is 1. The summed E-state index contributed by atoms with van der Waals surface area (Å²) in [6.45, 7) is 1.34. The third-order valence-electron chi connectivity index (χ3n) is 6.75. The van der Waals surface area contributed by atoms with Crippen LogP contribution in [0.5, 0.6) is 0 Å². The molecule has 1 atom stereocenters. The summed E-state index contributed by atoms with van der Waals surface area (Å²) in [5, 5.41) is 0.730. The summed E-state index contributed by atoms with van der Waals surface area (Å²) in [4.78, 5) is 38.4. The minimum Gasteiger partial charge on any atom is -0.384 e. The van der Waals surface area contributed by atoms with Gasteiger partial charge in [0.05, 0.1) is 18.1 Å². The Morgan fingerprint density at radius 2 is 2.03 bits per heavy atom. The van der Waals surface area contributed by atoms with E-state index in [4.69, 9.17) is 9.72 Å². The van der Waals surface area contributed by atoms with E-state index in [0.717, 1.165) is 49.6 Å². The lowest BCUT2D eigenvalue weighted by atomic mass is 10.0. The monoisotopic (exact) mass is 452 g/mol. The fourth-order valence-corrected chi connectivity index (χ4v) is 5.82. The quantitative estimate of drug-likeness (QED) is 0.522. The maximum atomic E-state index is 13.1. The average Bonchev–Trinajstić information content (AvgIpc) is 3.23. The Morgan fingerprint density at radius 3 is 2.75 bits per heavy atom. The number of rotatable bonds is 8. The van der Waals surface area contributed by atoms with Crippen molar-refractivity contribution in [2.24, 2.45) is 7.05 Å². The molecular weight excluding hydrogens is 424 g/mol. The highest BCUT2D eigenvalue weighted by Crippen LogP contribution is 2.47. The van der Waals surface area contributed by atoms with Crippen LogP contribution in [0.3, 0.4) is 0 Å². The van der Waals surface area contributed by atoms with Crippen molar-refractivity contribution in [3.63, 3.8) is 0 Å². The highest BCUT2D eigenvalue weighted by molar-refractivity contribution is 7.21. The fourth-order valence-electron chi connectivity index (χ4n) is 4.81. The van der Waals surface area contributed by atoms with Gasteiger partial charge in [-0.3, -0.25) is 14.2 Å². The maximum Gasteiger partial charge on any atom is 0.280 e. The summed E-state index contributed by atoms with van der Waals surface area (Å²) in [5.74, 6) is 1.02. The van der Waals surface area contributed by atoms with E-state index in [1.807, 2.05) is 18.2 Å². The number of anilines is 1. The highest BCUT2D eigenvalue weighted by Gasteiger charge is 2.48. The van der Waals surface area contributed by atoms with Gasteiger partial charge in [0.15, 0.2) is 21.3 Å². The van der Waals surface area contributed by atoms with Crippen molar-refractivity contribution < 1.29 is 9.53 Å². The number of thiazole rings is 1. The van der Waals surface area contributed by atoms with Crippen molar-refractivity contribution in [1.82, 2.24) is 14.5 Å². The molecule has 1 saturated heterocycles. The van der Waals surface area contributed by atoms with Crippen molar-refractivity contribution >= 4 is 32.6 Å². The van der Waals surface area contributed by atoms with Crippen LogP contribution < -0.4 is 10.5 Å². The molecule has 5 rings (SSSR count). The van der Waals surface area contributed by atoms with E-state index in [9.17, 15) is 9.59 Å². The molecule has 0 amide bonds. The normalized spacial score (nSPS) is 19.6. The number of benzene rings is 1. The number of fused-ring (bicyclic) bond motifs is 1. The van der Waals surface area contributed by atoms with Gasteiger partial charge >= 0.3 is 0 Å². The number of nitrogens with zero attached hydrogens (tertiary/aromatic N) is 4. The van der Waals surface area contributed by atoms with Gasteiger partial charge in [0.2, 0.25) is 0 Å². The molecule has 3 aromatic rings. The third kappa shape index (κ3) is 3.75. The van der Waals surface area contributed by atoms with Crippen LogP contribution in [0.1, 0.15) is 43.5 Å². The van der Waals surface area contributed by atoms with E-state index in [1.165, 1.54) is 16.9 Å². The molecule has 2 fully saturated rings. The van der Waals surface area contributed by atoms with Crippen LogP contribution >= 0.6 is 11.3 Å². The Kier molecular flexibility index (Phi) is 5.59. The standard InChI is InChI=1S/C24H28N4O3S/c1-27-21(30)19-20(26-22(27)24(12-13-24)15-31-2)32-23(25-19)28-14-6-9-17(28)18(29)11-10-16-7-4-3-5-8-16/h3-5,7-8,17H,6,9-15H2,1-2H3/t17-/m1/s1. The smallest absolute Gasteiger partial charge is 0.280 e. The van der Waals surface area contributed by atoms with E-state index >= 15 is 0 Å². The van der Waals surface area contributed by atoms with Crippen molar-refractivity contribution in [3.8, 4) is 0 Å². The molecule has 1 saturated carbocycles. The number of ether oxygens (including phenoxy) is 1. The zero-order valence-corrected chi connectivity index (χ0v) is 19.4. The van der Waals surface area contributed by atoms with Crippen LogP contribution in [-0.2, 0) is 28.4 Å². The van der Waals surface area contributed by atoms with Crippen molar-refractivity contribution in [2.75, 3.05) is 25.2 Å². The molecule has 3 heterocycles. The number of methoxy groups -OCH3 is 1. The number of hydrogen-bond acceptors (Lipinski definition) is 7. The molecule has 2 aromatic heterocycles. The first kappa shape index (κ1) is 21.3. The van der Waals surface area contributed by atoms with Gasteiger partial charge in [0, 0.05) is 27.1 Å². The molecule has 0 spiro atoms. The predicted octanol–water partition coefficient (Wildman–Crippen LogP) is 3.24. The first-order chi connectivity index (χ1) is 15.5. The molecule has 0 radical (unpaired) electrons. The molecule has 1 aliphatic carbocycles. The predicted molar refractivity (Wildman–Crippen MR) is 126 cm³/mol. The van der Waals surface area contributed by atoms with E-state index < -0.39 is 0 Å². The summed E-state index contributed by atoms with van der Waals surface area (Å²) in [6.07, 6.45) is 4.99. The summed E-state index contributed by atoms with van der Waals surface area (Å²) in [6, 6.07) is 9.93. The topological polar surface area (TPSA) is 77.3 Å². The van der Waals surface area contributed by atoms with E-state index in [0.29, 0.717) is 23.4 Å². The van der Waals surface area contributed by atoms with Gasteiger partial charge in [-0.25, -0.2) is 9.97 Å². The Morgan fingerprint density at radius 1 is 1.25 bits per heavy atom. The van der Waals surface area contributed by atoms with Crippen LogP contribution in [0.2, 0.25) is 0 Å². The van der Waals surface area contributed by atoms with Gasteiger partial charge in [-0.15, -0.1) is 0 Å². The molecule has 2 aliphatic rings. The molecule has 0 N–H and O–H groups in total. The molecule has 32 heavy (non-hydrogen) atoms. The molecule has 8 heteroatoms. The molecule has 1 aromatic carbocycles. The minimum absolute atomic E-state index is 0.124. The van der Waals surface area contributed by atoms with Gasteiger partial charge < -0.3 is 9.64 Å². The summed E-state index contributed by atoms with van der Waals surface area (Å²) < 4.78 is 7.03. The van der Waals surface area contributed by atoms with Gasteiger partial charge in [-0.2, -0.15) is 0 Å². The fraction of sp³-hybridized carbons (Fsp3) is 0.500. The van der Waals surface area contributed by atoms with E-state index in [-0.39, 0.29) is 22.8 Å². The van der Waals surface area contributed by atoms with Gasteiger partial charge in [0.25, 0.3) is 5.56 Å². The molecule has 1 aliphatic heterocycles. The Labute approximate surface area is 191 Å². The number of carbonyl (C=O) groups excluding carboxylic acids is 1. The molecule has 7 nitrogen and oxygen atoms in total. The Balaban J connectivity index is 1.40. The lowest BCUT2D eigenvalue weighted by Gasteiger charge is -2.22. The van der Waals surface area contributed by atoms with Crippen molar-refractivity contribution in [1.29, 1.82) is 0 Å². The second-order valence-corrected chi connectivity index (χ2v) is 9.92. The SMILES string of the molecule is COCC1(c2nc3sc(N4CCC[C@@H]4C(=O)CCc4ccccc4)nc3c(=O)n2C)CC1. The number of aromatic nitrogens is 3. The minimum atomic E-state index is -0.175. The number of ketones is 1. The second-order valence-electron chi connectivity index (χ2n) is 8.97. The van der Waals surface area contributed by atoms with Crippen molar-refractivity contribution in [2.45, 2.75) is 50.0 Å². The number of Topliss-reactive ketones (excluding diaryl/α,β-unsaturated/α-hetero) is 1. The van der Waals surface area contributed by atoms with Crippen LogP contribution in [0, 0.1) is 0 Å². The van der Waals surface area contributed by atoms with Crippen molar-refractivity contribution in [3.05, 3.63) is 52.1 Å². The Hall–Kier alpha value is -2.58. The van der Waals surface area contributed by atoms with Gasteiger partial charge in [0.1, 0.15) is 5.82 Å². The molecule has 0 unspecified atom stereocenters. The summed E-state index contributed by atoms with van der Waals surface area (Å²) >= 11 is 1.43. The summed E-state index contributed by atoms with van der Waals surface area (Å²) in [7, 11) is 3.45.